The Kier molecular flexibility index (Phi) is 5.02. The largest absolute Gasteiger partial charge is 0.324 e. The van der Waals surface area contributed by atoms with Gasteiger partial charge in [-0.05, 0) is 22.8 Å². The maximum atomic E-state index is 12.5. The first kappa shape index (κ1) is 18.8. The fraction of sp³-hybridized carbons (Fsp3) is 0.0800. The maximum absolute atomic E-state index is 12.5. The number of aromatic nitrogens is 3. The average Bonchev–Trinajstić information content (AvgIpc) is 3.22. The number of benzene rings is 3. The Morgan fingerprint density at radius 1 is 0.903 bits per heavy atom. The Bertz CT molecular complexity index is 1220. The van der Waals surface area contributed by atoms with Crippen LogP contribution in [0, 0.1) is 0 Å². The molecule has 31 heavy (non-hydrogen) atoms. The normalized spacial score (nSPS) is 14.8. The number of anilines is 2. The maximum Gasteiger partial charge on any atom is 0.250 e. The lowest BCUT2D eigenvalue weighted by atomic mass is 10.0. The zero-order valence-electron chi connectivity index (χ0n) is 16.8. The first-order valence-electron chi connectivity index (χ1n) is 10.2. The highest BCUT2D eigenvalue weighted by Crippen LogP contribution is 2.33. The summed E-state index contributed by atoms with van der Waals surface area (Å²) in [7, 11) is 0. The summed E-state index contributed by atoms with van der Waals surface area (Å²) in [4.78, 5) is 17.1. The smallest absolute Gasteiger partial charge is 0.250 e. The average molecular weight is 407 g/mol. The topological polar surface area (TPSA) is 71.8 Å². The van der Waals surface area contributed by atoms with E-state index in [4.69, 9.17) is 0 Å². The van der Waals surface area contributed by atoms with Crippen LogP contribution in [-0.2, 0) is 11.2 Å². The van der Waals surface area contributed by atoms with Gasteiger partial charge in [0.15, 0.2) is 0 Å². The van der Waals surface area contributed by atoms with Crippen molar-refractivity contribution in [1.29, 1.82) is 0 Å². The molecule has 1 aliphatic rings. The van der Waals surface area contributed by atoms with Crippen molar-refractivity contribution in [3.8, 4) is 0 Å². The second-order valence-corrected chi connectivity index (χ2v) is 7.34. The number of hydrogen-bond donors (Lipinski definition) is 2. The van der Waals surface area contributed by atoms with E-state index >= 15 is 0 Å². The summed E-state index contributed by atoms with van der Waals surface area (Å²) in [6.45, 7) is 0. The predicted octanol–water partition coefficient (Wildman–Crippen LogP) is 4.52. The fourth-order valence-corrected chi connectivity index (χ4v) is 3.67. The van der Waals surface area contributed by atoms with Gasteiger partial charge in [0.05, 0.1) is 6.42 Å². The molecule has 1 atom stereocenters. The summed E-state index contributed by atoms with van der Waals surface area (Å²) in [5, 5.41) is 10.8. The van der Waals surface area contributed by atoms with Crippen LogP contribution in [0.4, 0.5) is 11.9 Å². The standard InChI is InChI=1S/C25H21N5O/c31-23(16-18-10-4-1-5-11-18)27-24-28-25-26-21(19-12-6-2-7-13-19)17-22(30(25)29-24)20-14-8-3-9-15-20/h1-15,17,22H,16H2,(H2,26,27,28,29,31)/t22-/m1/s1. The third-order valence-electron chi connectivity index (χ3n) is 5.15. The van der Waals surface area contributed by atoms with Crippen LogP contribution in [0.5, 0.6) is 0 Å². The van der Waals surface area contributed by atoms with Crippen LogP contribution in [0.2, 0.25) is 0 Å². The van der Waals surface area contributed by atoms with E-state index in [9.17, 15) is 4.79 Å². The van der Waals surface area contributed by atoms with E-state index in [-0.39, 0.29) is 24.3 Å². The van der Waals surface area contributed by atoms with Gasteiger partial charge in [0.1, 0.15) is 6.04 Å². The van der Waals surface area contributed by atoms with Crippen LogP contribution in [0.3, 0.4) is 0 Å². The molecule has 2 heterocycles. The summed E-state index contributed by atoms with van der Waals surface area (Å²) in [6.07, 6.45) is 2.40. The second-order valence-electron chi connectivity index (χ2n) is 7.34. The molecule has 1 amide bonds. The van der Waals surface area contributed by atoms with Gasteiger partial charge in [0, 0.05) is 5.70 Å². The number of amides is 1. The van der Waals surface area contributed by atoms with Gasteiger partial charge in [-0.25, -0.2) is 4.68 Å². The molecule has 0 saturated heterocycles. The first-order chi connectivity index (χ1) is 15.3. The van der Waals surface area contributed by atoms with E-state index in [1.807, 2.05) is 66.7 Å². The van der Waals surface area contributed by atoms with E-state index in [0.29, 0.717) is 5.95 Å². The van der Waals surface area contributed by atoms with Crippen LogP contribution in [0.15, 0.2) is 97.1 Å². The lowest BCUT2D eigenvalue weighted by molar-refractivity contribution is -0.115. The van der Waals surface area contributed by atoms with Gasteiger partial charge in [0.25, 0.3) is 5.95 Å². The van der Waals surface area contributed by atoms with Crippen LogP contribution < -0.4 is 10.6 Å². The summed E-state index contributed by atoms with van der Waals surface area (Å²) < 4.78 is 1.81. The Hall–Kier alpha value is -4.19. The van der Waals surface area contributed by atoms with Crippen molar-refractivity contribution in [2.24, 2.45) is 0 Å². The van der Waals surface area contributed by atoms with E-state index < -0.39 is 0 Å². The summed E-state index contributed by atoms with van der Waals surface area (Å²) in [6, 6.07) is 29.7. The monoisotopic (exact) mass is 407 g/mol. The zero-order valence-corrected chi connectivity index (χ0v) is 16.8. The molecule has 3 aromatic carbocycles. The minimum absolute atomic E-state index is 0.139. The Morgan fingerprint density at radius 2 is 1.55 bits per heavy atom. The molecule has 0 spiro atoms. The van der Waals surface area contributed by atoms with Crippen LogP contribution >= 0.6 is 0 Å². The molecular formula is C25H21N5O. The highest BCUT2D eigenvalue weighted by atomic mass is 16.1. The Labute approximate surface area is 180 Å². The van der Waals surface area contributed by atoms with Gasteiger partial charge < -0.3 is 5.32 Å². The zero-order chi connectivity index (χ0) is 21.0. The van der Waals surface area contributed by atoms with Gasteiger partial charge >= 0.3 is 0 Å². The third kappa shape index (κ3) is 4.09. The molecule has 6 nitrogen and oxygen atoms in total. The van der Waals surface area contributed by atoms with E-state index in [0.717, 1.165) is 22.4 Å². The molecule has 0 unspecified atom stereocenters. The van der Waals surface area contributed by atoms with Gasteiger partial charge in [-0.2, -0.15) is 4.98 Å². The number of rotatable bonds is 5. The SMILES string of the molecule is O=C(Cc1ccccc1)Nc1nc2n(n1)[C@@H](c1ccccc1)C=C(c1ccccc1)N2. The Morgan fingerprint density at radius 3 is 2.26 bits per heavy atom. The highest BCUT2D eigenvalue weighted by molar-refractivity contribution is 5.91. The number of allylic oxidation sites excluding steroid dienone is 1. The van der Waals surface area contributed by atoms with Gasteiger partial charge in [0.2, 0.25) is 11.9 Å². The van der Waals surface area contributed by atoms with Crippen molar-refractivity contribution in [2.45, 2.75) is 12.5 Å². The molecule has 0 aliphatic carbocycles. The summed E-state index contributed by atoms with van der Waals surface area (Å²) >= 11 is 0. The predicted molar refractivity (Wildman–Crippen MR) is 121 cm³/mol. The molecule has 1 aromatic heterocycles. The molecule has 0 bridgehead atoms. The third-order valence-corrected chi connectivity index (χ3v) is 5.15. The van der Waals surface area contributed by atoms with Crippen molar-refractivity contribution in [1.82, 2.24) is 14.8 Å². The van der Waals surface area contributed by atoms with Gasteiger partial charge in [-0.3, -0.25) is 10.1 Å². The molecule has 1 aliphatic heterocycles. The van der Waals surface area contributed by atoms with Crippen molar-refractivity contribution < 1.29 is 4.79 Å². The second kappa shape index (κ2) is 8.28. The Balaban J connectivity index is 1.44. The van der Waals surface area contributed by atoms with Crippen LogP contribution in [0.25, 0.3) is 5.70 Å². The molecule has 6 heteroatoms. The number of carbonyl (C=O) groups excluding carboxylic acids is 1. The van der Waals surface area contributed by atoms with Crippen molar-refractivity contribution in [2.75, 3.05) is 10.6 Å². The van der Waals surface area contributed by atoms with Crippen molar-refractivity contribution in [3.63, 3.8) is 0 Å². The number of hydrogen-bond acceptors (Lipinski definition) is 4. The summed E-state index contributed by atoms with van der Waals surface area (Å²) in [5.41, 5.74) is 4.05. The van der Waals surface area contributed by atoms with E-state index in [1.165, 1.54) is 0 Å². The van der Waals surface area contributed by atoms with Crippen LogP contribution in [0.1, 0.15) is 22.7 Å². The molecule has 152 valence electrons. The number of nitrogens with zero attached hydrogens (tertiary/aromatic N) is 3. The van der Waals surface area contributed by atoms with E-state index in [1.54, 1.807) is 4.68 Å². The van der Waals surface area contributed by atoms with Gasteiger partial charge in [-0.1, -0.05) is 91.0 Å². The molecule has 0 fully saturated rings. The number of nitrogens with one attached hydrogen (secondary N) is 2. The van der Waals surface area contributed by atoms with Crippen molar-refractivity contribution in [3.05, 3.63) is 114 Å². The summed E-state index contributed by atoms with van der Waals surface area (Å²) in [5.74, 6) is 0.721. The number of carbonyl (C=O) groups is 1. The quantitative estimate of drug-likeness (QED) is 0.510. The minimum Gasteiger partial charge on any atom is -0.324 e. The van der Waals surface area contributed by atoms with Gasteiger partial charge in [-0.15, -0.1) is 5.10 Å². The van der Waals surface area contributed by atoms with Crippen LogP contribution in [-0.4, -0.2) is 20.7 Å². The molecule has 0 saturated carbocycles. The molecule has 0 radical (unpaired) electrons. The number of fused-ring (bicyclic) bond motifs is 1. The first-order valence-corrected chi connectivity index (χ1v) is 10.2. The van der Waals surface area contributed by atoms with Crippen molar-refractivity contribution >= 4 is 23.5 Å². The fourth-order valence-electron chi connectivity index (χ4n) is 3.67. The minimum atomic E-state index is -0.151. The van der Waals surface area contributed by atoms with E-state index in [2.05, 4.69) is 51.1 Å². The molecular weight excluding hydrogens is 386 g/mol. The molecule has 5 rings (SSSR count). The lowest BCUT2D eigenvalue weighted by Gasteiger charge is -2.24. The lowest BCUT2D eigenvalue weighted by Crippen LogP contribution is -2.20. The highest BCUT2D eigenvalue weighted by Gasteiger charge is 2.25. The molecule has 2 N–H and O–H groups in total. The molecule has 4 aromatic rings.